The molecule has 1 aromatic heterocycles. The number of halogens is 2. The molecule has 0 aliphatic carbocycles. The molecular weight excluding hydrogens is 283 g/mol. The van der Waals surface area contributed by atoms with E-state index in [1.54, 1.807) is 0 Å². The van der Waals surface area contributed by atoms with Gasteiger partial charge in [-0.25, -0.2) is 4.98 Å². The molecule has 19 heavy (non-hydrogen) atoms. The van der Waals surface area contributed by atoms with Crippen molar-refractivity contribution >= 4 is 29.1 Å². The van der Waals surface area contributed by atoms with Gasteiger partial charge in [-0.3, -0.25) is 4.79 Å². The molecule has 1 amide bonds. The minimum absolute atomic E-state index is 0.129. The van der Waals surface area contributed by atoms with Crippen molar-refractivity contribution in [3.05, 3.63) is 28.0 Å². The molecule has 106 valence electrons. The van der Waals surface area contributed by atoms with Crippen LogP contribution in [0.5, 0.6) is 0 Å². The highest BCUT2D eigenvalue weighted by atomic mass is 35.5. The number of rotatable bonds is 3. The maximum Gasteiger partial charge on any atom is 0.251 e. The van der Waals surface area contributed by atoms with Crippen LogP contribution in [0.4, 0.5) is 0 Å². The molecule has 5 heteroatoms. The van der Waals surface area contributed by atoms with E-state index in [-0.39, 0.29) is 27.2 Å². The summed E-state index contributed by atoms with van der Waals surface area (Å²) in [6, 6.07) is 3.02. The van der Waals surface area contributed by atoms with Crippen molar-refractivity contribution < 1.29 is 4.79 Å². The van der Waals surface area contributed by atoms with Gasteiger partial charge in [-0.2, -0.15) is 0 Å². The van der Waals surface area contributed by atoms with E-state index in [0.29, 0.717) is 5.56 Å². The average molecular weight is 303 g/mol. The molecule has 1 heterocycles. The number of aromatic nitrogens is 1. The van der Waals surface area contributed by atoms with Crippen molar-refractivity contribution in [2.24, 2.45) is 5.41 Å². The van der Waals surface area contributed by atoms with Crippen LogP contribution < -0.4 is 5.32 Å². The van der Waals surface area contributed by atoms with Crippen LogP contribution in [-0.2, 0) is 0 Å². The molecule has 0 spiro atoms. The van der Waals surface area contributed by atoms with Gasteiger partial charge in [0, 0.05) is 11.1 Å². The van der Waals surface area contributed by atoms with E-state index < -0.39 is 0 Å². The lowest BCUT2D eigenvalue weighted by Gasteiger charge is -2.33. The smallest absolute Gasteiger partial charge is 0.251 e. The fourth-order valence-corrected chi connectivity index (χ4v) is 2.81. The van der Waals surface area contributed by atoms with Crippen LogP contribution in [0.2, 0.25) is 10.3 Å². The molecule has 0 aromatic carbocycles. The molecule has 0 saturated carbocycles. The number of carbonyl (C=O) groups is 1. The first kappa shape index (κ1) is 16.3. The minimum Gasteiger partial charge on any atom is -0.347 e. The van der Waals surface area contributed by atoms with Crippen molar-refractivity contribution in [1.29, 1.82) is 0 Å². The first-order valence-corrected chi connectivity index (χ1v) is 6.90. The van der Waals surface area contributed by atoms with Gasteiger partial charge in [-0.05, 0) is 37.8 Å². The highest BCUT2D eigenvalue weighted by molar-refractivity contribution is 6.33. The molecule has 1 aromatic rings. The monoisotopic (exact) mass is 302 g/mol. The van der Waals surface area contributed by atoms with Gasteiger partial charge in [0.2, 0.25) is 0 Å². The Morgan fingerprint density at radius 3 is 2.05 bits per heavy atom. The summed E-state index contributed by atoms with van der Waals surface area (Å²) in [7, 11) is 0. The topological polar surface area (TPSA) is 42.0 Å². The van der Waals surface area contributed by atoms with Gasteiger partial charge in [0.1, 0.15) is 10.3 Å². The van der Waals surface area contributed by atoms with Gasteiger partial charge in [0.15, 0.2) is 0 Å². The van der Waals surface area contributed by atoms with Crippen molar-refractivity contribution in [1.82, 2.24) is 10.3 Å². The zero-order chi connectivity index (χ0) is 14.8. The Balaban J connectivity index is 2.84. The number of hydrogen-bond acceptors (Lipinski definition) is 2. The second kappa shape index (κ2) is 5.68. The summed E-state index contributed by atoms with van der Waals surface area (Å²) in [5, 5.41) is 3.43. The number of carbonyl (C=O) groups excluding carboxylic acids is 1. The summed E-state index contributed by atoms with van der Waals surface area (Å²) in [6.45, 7) is 10.4. The molecule has 0 unspecified atom stereocenters. The van der Waals surface area contributed by atoms with Crippen LogP contribution in [0.15, 0.2) is 12.1 Å². The molecule has 0 aliphatic heterocycles. The SMILES string of the molecule is CC(C)(C)CC(C)(C)NC(=O)c1cc(Cl)nc(Cl)c1. The van der Waals surface area contributed by atoms with Crippen molar-refractivity contribution in [2.75, 3.05) is 0 Å². The lowest BCUT2D eigenvalue weighted by atomic mass is 9.81. The number of hydrogen-bond donors (Lipinski definition) is 1. The third kappa shape index (κ3) is 5.79. The van der Waals surface area contributed by atoms with Gasteiger partial charge in [-0.1, -0.05) is 44.0 Å². The summed E-state index contributed by atoms with van der Waals surface area (Å²) in [4.78, 5) is 16.0. The van der Waals surface area contributed by atoms with Gasteiger partial charge >= 0.3 is 0 Å². The number of pyridine rings is 1. The standard InChI is InChI=1S/C14H20Cl2N2O/c1-13(2,3)8-14(4,5)18-12(19)9-6-10(15)17-11(16)7-9/h6-7H,8H2,1-5H3,(H,18,19). The van der Waals surface area contributed by atoms with Gasteiger partial charge in [0.05, 0.1) is 0 Å². The largest absolute Gasteiger partial charge is 0.347 e. The molecule has 3 nitrogen and oxygen atoms in total. The third-order valence-corrected chi connectivity index (χ3v) is 2.84. The van der Waals surface area contributed by atoms with Crippen molar-refractivity contribution in [3.8, 4) is 0 Å². The minimum atomic E-state index is -0.308. The lowest BCUT2D eigenvalue weighted by molar-refractivity contribution is 0.0891. The van der Waals surface area contributed by atoms with E-state index in [4.69, 9.17) is 23.2 Å². The average Bonchev–Trinajstić information content (AvgIpc) is 2.10. The second-order valence-corrected chi connectivity index (χ2v) is 7.35. The molecule has 0 aliphatic rings. The Morgan fingerprint density at radius 2 is 1.63 bits per heavy atom. The van der Waals surface area contributed by atoms with Crippen molar-refractivity contribution in [2.45, 2.75) is 46.6 Å². The Labute approximate surface area is 124 Å². The molecule has 0 fully saturated rings. The fraction of sp³-hybridized carbons (Fsp3) is 0.571. The molecule has 0 bridgehead atoms. The van der Waals surface area contributed by atoms with Gasteiger partial charge in [0.25, 0.3) is 5.91 Å². The Bertz CT molecular complexity index is 459. The predicted molar refractivity (Wildman–Crippen MR) is 79.9 cm³/mol. The van der Waals surface area contributed by atoms with Crippen LogP contribution in [0, 0.1) is 5.41 Å². The summed E-state index contributed by atoms with van der Waals surface area (Å²) in [5.74, 6) is -0.194. The summed E-state index contributed by atoms with van der Waals surface area (Å²) >= 11 is 11.6. The molecule has 0 radical (unpaired) electrons. The molecular formula is C14H20Cl2N2O. The predicted octanol–water partition coefficient (Wildman–Crippen LogP) is 4.33. The quantitative estimate of drug-likeness (QED) is 0.844. The zero-order valence-corrected chi connectivity index (χ0v) is 13.5. The van der Waals surface area contributed by atoms with Crippen LogP contribution in [-0.4, -0.2) is 16.4 Å². The second-order valence-electron chi connectivity index (χ2n) is 6.58. The Hall–Kier alpha value is -0.800. The molecule has 1 N–H and O–H groups in total. The van der Waals surface area contributed by atoms with Crippen LogP contribution >= 0.6 is 23.2 Å². The van der Waals surface area contributed by atoms with Crippen LogP contribution in [0.1, 0.15) is 51.4 Å². The first-order chi connectivity index (χ1) is 8.48. The Morgan fingerprint density at radius 1 is 1.16 bits per heavy atom. The number of amides is 1. The summed E-state index contributed by atoms with van der Waals surface area (Å²) in [6.07, 6.45) is 0.859. The van der Waals surface area contributed by atoms with E-state index in [0.717, 1.165) is 6.42 Å². The number of nitrogens with zero attached hydrogens (tertiary/aromatic N) is 1. The summed E-state index contributed by atoms with van der Waals surface area (Å²) < 4.78 is 0. The van der Waals surface area contributed by atoms with Crippen LogP contribution in [0.3, 0.4) is 0 Å². The molecule has 0 atom stereocenters. The van der Waals surface area contributed by atoms with E-state index >= 15 is 0 Å². The molecule has 1 rings (SSSR count). The highest BCUT2D eigenvalue weighted by Crippen LogP contribution is 2.27. The van der Waals surface area contributed by atoms with E-state index in [1.807, 2.05) is 13.8 Å². The van der Waals surface area contributed by atoms with Crippen molar-refractivity contribution in [3.63, 3.8) is 0 Å². The zero-order valence-electron chi connectivity index (χ0n) is 12.0. The van der Waals surface area contributed by atoms with E-state index in [1.165, 1.54) is 12.1 Å². The maximum atomic E-state index is 12.2. The Kier molecular flexibility index (Phi) is 4.86. The lowest BCUT2D eigenvalue weighted by Crippen LogP contribution is -2.45. The van der Waals surface area contributed by atoms with Crippen LogP contribution in [0.25, 0.3) is 0 Å². The first-order valence-electron chi connectivity index (χ1n) is 6.14. The maximum absolute atomic E-state index is 12.2. The number of nitrogens with one attached hydrogen (secondary N) is 1. The van der Waals surface area contributed by atoms with Gasteiger partial charge < -0.3 is 5.32 Å². The summed E-state index contributed by atoms with van der Waals surface area (Å²) in [5.41, 5.74) is 0.244. The highest BCUT2D eigenvalue weighted by Gasteiger charge is 2.27. The normalized spacial score (nSPS) is 12.4. The third-order valence-electron chi connectivity index (χ3n) is 2.45. The fourth-order valence-electron chi connectivity index (χ4n) is 2.35. The van der Waals surface area contributed by atoms with E-state index in [9.17, 15) is 4.79 Å². The van der Waals surface area contributed by atoms with E-state index in [2.05, 4.69) is 31.1 Å². The van der Waals surface area contributed by atoms with Gasteiger partial charge in [-0.15, -0.1) is 0 Å². The molecule has 0 saturated heterocycles.